The first-order valence-corrected chi connectivity index (χ1v) is 11.4. The fourth-order valence-electron chi connectivity index (χ4n) is 4.24. The van der Waals surface area contributed by atoms with Crippen LogP contribution in [0.2, 0.25) is 0 Å². The summed E-state index contributed by atoms with van der Waals surface area (Å²) in [5, 5.41) is -0.661. The topological polar surface area (TPSA) is 40.6 Å². The number of benzene rings is 2. The summed E-state index contributed by atoms with van der Waals surface area (Å²) in [5.41, 5.74) is 2.66. The van der Waals surface area contributed by atoms with Crippen molar-refractivity contribution in [2.45, 2.75) is 30.0 Å². The average molecular weight is 429 g/mol. The van der Waals surface area contributed by atoms with Crippen LogP contribution in [0.1, 0.15) is 39.7 Å². The molecule has 29 heavy (non-hydrogen) atoms. The lowest BCUT2D eigenvalue weighted by atomic mass is 9.99. The molecule has 0 bridgehead atoms. The van der Waals surface area contributed by atoms with Crippen LogP contribution in [0.15, 0.2) is 54.6 Å². The van der Waals surface area contributed by atoms with E-state index in [2.05, 4.69) is 0 Å². The number of likely N-dealkylation sites (tertiary alicyclic amines) is 1. The Balaban J connectivity index is 1.45. The number of carbonyl (C=O) groups is 2. The molecule has 2 amide bonds. The molecule has 0 N–H and O–H groups in total. The van der Waals surface area contributed by atoms with Gasteiger partial charge in [-0.15, -0.1) is 23.4 Å². The normalized spacial score (nSPS) is 19.4. The molecule has 2 fully saturated rings. The third kappa shape index (κ3) is 4.03. The number of rotatable bonds is 3. The van der Waals surface area contributed by atoms with E-state index in [0.29, 0.717) is 13.1 Å². The van der Waals surface area contributed by atoms with Gasteiger partial charge in [0, 0.05) is 31.0 Å². The van der Waals surface area contributed by atoms with Crippen molar-refractivity contribution in [3.8, 4) is 0 Å². The van der Waals surface area contributed by atoms with Crippen LogP contribution in [-0.2, 0) is 4.79 Å². The van der Waals surface area contributed by atoms with Gasteiger partial charge in [0.25, 0.3) is 5.91 Å². The molecule has 6 heteroatoms. The second-order valence-electron chi connectivity index (χ2n) is 7.72. The number of amides is 2. The third-order valence-corrected chi connectivity index (χ3v) is 7.84. The number of hydrogen-bond donors (Lipinski definition) is 0. The summed E-state index contributed by atoms with van der Waals surface area (Å²) in [5.74, 6) is 0.985. The van der Waals surface area contributed by atoms with Crippen molar-refractivity contribution < 1.29 is 9.59 Å². The number of alkyl halides is 1. The molecular formula is C23H25ClN2O2S. The minimum absolute atomic E-state index is 0.0488. The van der Waals surface area contributed by atoms with E-state index in [1.54, 1.807) is 0 Å². The zero-order valence-electron chi connectivity index (χ0n) is 16.5. The molecule has 2 heterocycles. The highest BCUT2D eigenvalue weighted by Crippen LogP contribution is 2.45. The van der Waals surface area contributed by atoms with Crippen LogP contribution in [-0.4, -0.2) is 51.9 Å². The van der Waals surface area contributed by atoms with Crippen molar-refractivity contribution in [1.29, 1.82) is 0 Å². The van der Waals surface area contributed by atoms with Crippen molar-refractivity contribution in [3.05, 3.63) is 71.3 Å². The quantitative estimate of drug-likeness (QED) is 0.676. The highest BCUT2D eigenvalue weighted by Gasteiger charge is 2.47. The first kappa shape index (κ1) is 20.3. The molecule has 2 aliphatic heterocycles. The van der Waals surface area contributed by atoms with Crippen molar-refractivity contribution >= 4 is 35.2 Å². The Morgan fingerprint density at radius 2 is 1.76 bits per heavy atom. The highest BCUT2D eigenvalue weighted by atomic mass is 35.5. The zero-order valence-corrected chi connectivity index (χ0v) is 18.1. The van der Waals surface area contributed by atoms with E-state index in [1.165, 1.54) is 0 Å². The Morgan fingerprint density at radius 3 is 2.45 bits per heavy atom. The molecule has 0 saturated carbocycles. The molecule has 2 aromatic carbocycles. The van der Waals surface area contributed by atoms with Crippen LogP contribution >= 0.6 is 23.4 Å². The summed E-state index contributed by atoms with van der Waals surface area (Å²) in [6, 6.07) is 17.3. The Labute approximate surface area is 181 Å². The standard InChI is InChI=1S/C23H25ClN2O2S/c1-17-6-5-9-19(16-17)21(27)26-14-15-29-23(26)10-12-25(13-11-23)22(28)20(24)18-7-3-2-4-8-18/h2-9,16,20H,10-15H2,1H3. The Kier molecular flexibility index (Phi) is 5.88. The monoisotopic (exact) mass is 428 g/mol. The summed E-state index contributed by atoms with van der Waals surface area (Å²) >= 11 is 8.31. The van der Waals surface area contributed by atoms with E-state index in [4.69, 9.17) is 11.6 Å². The van der Waals surface area contributed by atoms with Gasteiger partial charge in [0.1, 0.15) is 5.38 Å². The van der Waals surface area contributed by atoms with E-state index < -0.39 is 5.38 Å². The molecule has 1 unspecified atom stereocenters. The fourth-order valence-corrected chi connectivity index (χ4v) is 5.98. The van der Waals surface area contributed by atoms with Crippen molar-refractivity contribution in [3.63, 3.8) is 0 Å². The van der Waals surface area contributed by atoms with Crippen LogP contribution in [0, 0.1) is 6.92 Å². The number of aryl methyl sites for hydroxylation is 1. The van der Waals surface area contributed by atoms with Crippen LogP contribution in [0.5, 0.6) is 0 Å². The number of nitrogens with zero attached hydrogens (tertiary/aromatic N) is 2. The van der Waals surface area contributed by atoms with Gasteiger partial charge < -0.3 is 9.80 Å². The minimum Gasteiger partial charge on any atom is -0.341 e. The lowest BCUT2D eigenvalue weighted by Crippen LogP contribution is -2.54. The van der Waals surface area contributed by atoms with Crippen molar-refractivity contribution in [1.82, 2.24) is 9.80 Å². The maximum atomic E-state index is 13.2. The van der Waals surface area contributed by atoms with E-state index >= 15 is 0 Å². The molecule has 2 saturated heterocycles. The Bertz CT molecular complexity index is 897. The third-order valence-electron chi connectivity index (χ3n) is 5.85. The maximum Gasteiger partial charge on any atom is 0.255 e. The lowest BCUT2D eigenvalue weighted by molar-refractivity contribution is -0.132. The predicted octanol–water partition coefficient (Wildman–Crippen LogP) is 4.48. The number of halogens is 1. The van der Waals surface area contributed by atoms with E-state index in [0.717, 1.165) is 41.8 Å². The van der Waals surface area contributed by atoms with Gasteiger partial charge in [-0.3, -0.25) is 9.59 Å². The van der Waals surface area contributed by atoms with Crippen molar-refractivity contribution in [2.75, 3.05) is 25.4 Å². The zero-order chi connectivity index (χ0) is 20.4. The second kappa shape index (κ2) is 8.41. The van der Waals surface area contributed by atoms with Gasteiger partial charge in [-0.2, -0.15) is 0 Å². The lowest BCUT2D eigenvalue weighted by Gasteiger charge is -2.44. The second-order valence-corrected chi connectivity index (χ2v) is 9.61. The summed E-state index contributed by atoms with van der Waals surface area (Å²) in [6.07, 6.45) is 1.55. The molecule has 0 radical (unpaired) electrons. The van der Waals surface area contributed by atoms with Gasteiger partial charge in [0.05, 0.1) is 4.87 Å². The Morgan fingerprint density at radius 1 is 1.03 bits per heavy atom. The number of carbonyl (C=O) groups excluding carboxylic acids is 2. The number of piperidine rings is 1. The first-order chi connectivity index (χ1) is 14.0. The van der Waals surface area contributed by atoms with Crippen LogP contribution in [0.25, 0.3) is 0 Å². The van der Waals surface area contributed by atoms with E-state index in [9.17, 15) is 9.59 Å². The van der Waals surface area contributed by atoms with Crippen LogP contribution in [0.3, 0.4) is 0 Å². The Hall–Kier alpha value is -1.98. The van der Waals surface area contributed by atoms with Gasteiger partial charge in [-0.1, -0.05) is 48.0 Å². The predicted molar refractivity (Wildman–Crippen MR) is 118 cm³/mol. The van der Waals surface area contributed by atoms with E-state index in [-0.39, 0.29) is 16.7 Å². The molecule has 1 spiro atoms. The molecule has 1 atom stereocenters. The average Bonchev–Trinajstić information content (AvgIpc) is 3.16. The summed E-state index contributed by atoms with van der Waals surface area (Å²) in [6.45, 7) is 4.01. The molecule has 2 aliphatic rings. The molecule has 4 rings (SSSR count). The molecular weight excluding hydrogens is 404 g/mol. The number of hydrogen-bond acceptors (Lipinski definition) is 3. The summed E-state index contributed by atoms with van der Waals surface area (Å²) < 4.78 is 0. The van der Waals surface area contributed by atoms with E-state index in [1.807, 2.05) is 83.1 Å². The maximum absolute atomic E-state index is 13.2. The van der Waals surface area contributed by atoms with Gasteiger partial charge in [-0.05, 0) is 37.5 Å². The van der Waals surface area contributed by atoms with Gasteiger partial charge in [0.15, 0.2) is 0 Å². The highest BCUT2D eigenvalue weighted by molar-refractivity contribution is 8.00. The van der Waals surface area contributed by atoms with Crippen LogP contribution < -0.4 is 0 Å². The first-order valence-electron chi connectivity index (χ1n) is 10.0. The molecule has 2 aromatic rings. The molecule has 4 nitrogen and oxygen atoms in total. The molecule has 0 aliphatic carbocycles. The largest absolute Gasteiger partial charge is 0.341 e. The number of thioether (sulfide) groups is 1. The summed E-state index contributed by atoms with van der Waals surface area (Å²) in [4.78, 5) is 29.7. The smallest absolute Gasteiger partial charge is 0.255 e. The van der Waals surface area contributed by atoms with Gasteiger partial charge >= 0.3 is 0 Å². The van der Waals surface area contributed by atoms with Crippen molar-refractivity contribution in [2.24, 2.45) is 0 Å². The minimum atomic E-state index is -0.661. The summed E-state index contributed by atoms with van der Waals surface area (Å²) in [7, 11) is 0. The van der Waals surface area contributed by atoms with Gasteiger partial charge in [-0.25, -0.2) is 0 Å². The van der Waals surface area contributed by atoms with Crippen LogP contribution in [0.4, 0.5) is 0 Å². The molecule has 152 valence electrons. The fraction of sp³-hybridized carbons (Fsp3) is 0.391. The van der Waals surface area contributed by atoms with Gasteiger partial charge in [0.2, 0.25) is 5.91 Å². The molecule has 0 aromatic heterocycles. The SMILES string of the molecule is Cc1cccc(C(=O)N2CCSC23CCN(C(=O)C(Cl)c2ccccc2)CC3)c1.